The number of carbonyl (C=O) groups is 1. The van der Waals surface area contributed by atoms with Gasteiger partial charge in [0.15, 0.2) is 0 Å². The first-order valence-electron chi connectivity index (χ1n) is 10.5. The van der Waals surface area contributed by atoms with E-state index in [0.717, 1.165) is 42.0 Å². The maximum Gasteiger partial charge on any atom is 0.300 e. The van der Waals surface area contributed by atoms with Crippen LogP contribution in [0, 0.1) is 6.92 Å². The zero-order valence-corrected chi connectivity index (χ0v) is 19.1. The van der Waals surface area contributed by atoms with E-state index in [-0.39, 0.29) is 0 Å². The van der Waals surface area contributed by atoms with Gasteiger partial charge in [-0.2, -0.15) is 0 Å². The highest BCUT2D eigenvalue weighted by molar-refractivity contribution is 7.12. The molecule has 0 unspecified atom stereocenters. The number of fused-ring (bicyclic) bond motifs is 1. The van der Waals surface area contributed by atoms with Crippen LogP contribution >= 0.6 is 11.3 Å². The number of carboxylic acids is 1. The standard InChI is InChI=1S/C23H25NO2S.C2H4O2/c1-16-22(12-13-26-21-11-10-17-7-5-8-18(17)14-21)24-23(27-16)19-6-3-4-9-20(15-19)25-2;1-2(3)4/h3-4,9-11,14-15H,5-8,12-13H2,1-2H3;1H3,(H,3,4). The molecule has 2 aliphatic rings. The van der Waals surface area contributed by atoms with E-state index in [4.69, 9.17) is 24.4 Å². The van der Waals surface area contributed by atoms with Gasteiger partial charge in [0.05, 0.1) is 19.4 Å². The van der Waals surface area contributed by atoms with Crippen LogP contribution in [0.25, 0.3) is 5.57 Å². The van der Waals surface area contributed by atoms with E-state index in [1.165, 1.54) is 40.8 Å². The highest BCUT2D eigenvalue weighted by atomic mass is 32.1. The van der Waals surface area contributed by atoms with E-state index >= 15 is 0 Å². The lowest BCUT2D eigenvalue weighted by molar-refractivity contribution is -0.134. The van der Waals surface area contributed by atoms with Gasteiger partial charge in [0, 0.05) is 18.2 Å². The minimum atomic E-state index is -0.833. The van der Waals surface area contributed by atoms with Crippen LogP contribution in [-0.2, 0) is 28.8 Å². The summed E-state index contributed by atoms with van der Waals surface area (Å²) in [7, 11) is 1.70. The molecule has 0 saturated heterocycles. The maximum absolute atomic E-state index is 9.00. The second kappa shape index (κ2) is 11.0. The highest BCUT2D eigenvalue weighted by Crippen LogP contribution is 2.30. The van der Waals surface area contributed by atoms with Crippen LogP contribution in [0.15, 0.2) is 48.3 Å². The number of hydrogen-bond donors (Lipinski definition) is 1. The first kappa shape index (κ1) is 22.8. The molecule has 0 aliphatic heterocycles. The third-order valence-corrected chi connectivity index (χ3v) is 6.22. The van der Waals surface area contributed by atoms with Gasteiger partial charge in [0.25, 0.3) is 5.97 Å². The number of allylic oxidation sites excluding steroid dienone is 5. The van der Waals surface area contributed by atoms with Gasteiger partial charge in [-0.3, -0.25) is 4.79 Å². The summed E-state index contributed by atoms with van der Waals surface area (Å²) in [6, 6.07) is 6.53. The topological polar surface area (TPSA) is 68.7 Å². The van der Waals surface area contributed by atoms with Crippen molar-refractivity contribution in [1.29, 1.82) is 0 Å². The third-order valence-electron chi connectivity index (χ3n) is 5.13. The third kappa shape index (κ3) is 6.56. The van der Waals surface area contributed by atoms with Crippen LogP contribution in [-0.4, -0.2) is 29.8 Å². The lowest BCUT2D eigenvalue weighted by atomic mass is 10.1. The van der Waals surface area contributed by atoms with E-state index in [9.17, 15) is 0 Å². The fourth-order valence-corrected chi connectivity index (χ4v) is 4.60. The lowest BCUT2D eigenvalue weighted by Gasteiger charge is -2.07. The Balaban J connectivity index is 0.000000628. The van der Waals surface area contributed by atoms with Crippen molar-refractivity contribution >= 4 is 22.9 Å². The van der Waals surface area contributed by atoms with E-state index in [2.05, 4.69) is 37.3 Å². The van der Waals surface area contributed by atoms with E-state index < -0.39 is 5.97 Å². The molecule has 1 aromatic carbocycles. The zero-order valence-electron chi connectivity index (χ0n) is 18.3. The molecule has 0 spiro atoms. The quantitative estimate of drug-likeness (QED) is 0.641. The molecule has 6 heteroatoms. The van der Waals surface area contributed by atoms with E-state index in [1.807, 2.05) is 12.2 Å². The average molecular weight is 440 g/mol. The number of methoxy groups -OCH3 is 1. The fourth-order valence-electron chi connectivity index (χ4n) is 3.61. The summed E-state index contributed by atoms with van der Waals surface area (Å²) in [5.41, 5.74) is 5.27. The van der Waals surface area contributed by atoms with Crippen LogP contribution in [0.3, 0.4) is 0 Å². The Hall–Kier alpha value is -2.86. The Morgan fingerprint density at radius 2 is 2.03 bits per heavy atom. The van der Waals surface area contributed by atoms with Crippen LogP contribution in [0.1, 0.15) is 46.5 Å². The second-order valence-electron chi connectivity index (χ2n) is 7.50. The summed E-state index contributed by atoms with van der Waals surface area (Å²) in [6.07, 6.45) is 13.6. The summed E-state index contributed by atoms with van der Waals surface area (Å²) in [6.45, 7) is 3.89. The largest absolute Gasteiger partial charge is 0.497 e. The number of ether oxygens (including phenoxy) is 2. The predicted molar refractivity (Wildman–Crippen MR) is 125 cm³/mol. The minimum absolute atomic E-state index is 0.658. The molecule has 2 aromatic rings. The molecule has 5 nitrogen and oxygen atoms in total. The van der Waals surface area contributed by atoms with Crippen molar-refractivity contribution in [2.24, 2.45) is 0 Å². The van der Waals surface area contributed by atoms with E-state index in [0.29, 0.717) is 6.61 Å². The Morgan fingerprint density at radius 3 is 2.81 bits per heavy atom. The van der Waals surface area contributed by atoms with Crippen LogP contribution < -0.4 is 4.74 Å². The highest BCUT2D eigenvalue weighted by Gasteiger charge is 2.14. The first-order chi connectivity index (χ1) is 15.0. The zero-order chi connectivity index (χ0) is 22.2. The molecule has 164 valence electrons. The lowest BCUT2D eigenvalue weighted by Crippen LogP contribution is -2.03. The molecule has 0 amide bonds. The van der Waals surface area contributed by atoms with Gasteiger partial charge < -0.3 is 14.6 Å². The van der Waals surface area contributed by atoms with Crippen molar-refractivity contribution in [1.82, 2.24) is 4.98 Å². The van der Waals surface area contributed by atoms with Gasteiger partial charge in [0.1, 0.15) is 16.5 Å². The number of thiazole rings is 1. The Bertz CT molecular complexity index is 1010. The number of rotatable bonds is 6. The Labute approximate surface area is 187 Å². The number of hydrogen-bond acceptors (Lipinski definition) is 5. The molecule has 0 bridgehead atoms. The van der Waals surface area contributed by atoms with Gasteiger partial charge in [0.2, 0.25) is 0 Å². The van der Waals surface area contributed by atoms with Crippen molar-refractivity contribution in [2.75, 3.05) is 13.7 Å². The molecule has 2 aliphatic carbocycles. The number of carboxylic acid groups (broad SMARTS) is 1. The molecule has 0 atom stereocenters. The molecule has 0 fully saturated rings. The van der Waals surface area contributed by atoms with E-state index in [1.54, 1.807) is 18.4 Å². The van der Waals surface area contributed by atoms with Gasteiger partial charge in [-0.15, -0.1) is 11.3 Å². The minimum Gasteiger partial charge on any atom is -0.497 e. The smallest absolute Gasteiger partial charge is 0.300 e. The molecule has 1 N–H and O–H groups in total. The first-order valence-corrected chi connectivity index (χ1v) is 11.3. The monoisotopic (exact) mass is 439 g/mol. The van der Waals surface area contributed by atoms with Crippen LogP contribution in [0.2, 0.25) is 0 Å². The Kier molecular flexibility index (Phi) is 8.06. The molecule has 0 radical (unpaired) electrons. The van der Waals surface area contributed by atoms with Gasteiger partial charge in [-0.05, 0) is 73.6 Å². The van der Waals surface area contributed by atoms with Crippen molar-refractivity contribution in [3.05, 3.63) is 75.0 Å². The molecule has 4 rings (SSSR count). The molecular formula is C25H29NO4S. The van der Waals surface area contributed by atoms with Gasteiger partial charge >= 0.3 is 0 Å². The van der Waals surface area contributed by atoms with Crippen LogP contribution in [0.5, 0.6) is 5.75 Å². The van der Waals surface area contributed by atoms with Gasteiger partial charge in [-0.25, -0.2) is 4.98 Å². The van der Waals surface area contributed by atoms with Crippen molar-refractivity contribution in [2.45, 2.75) is 46.0 Å². The molecule has 0 saturated carbocycles. The molecule has 1 aromatic heterocycles. The summed E-state index contributed by atoms with van der Waals surface area (Å²) in [5, 5.41) is 8.49. The summed E-state index contributed by atoms with van der Waals surface area (Å²) in [5.74, 6) is 1.02. The number of benzene rings is 1. The maximum atomic E-state index is 9.00. The second-order valence-corrected chi connectivity index (χ2v) is 8.70. The fraction of sp³-hybridized carbons (Fsp3) is 0.360. The van der Waals surface area contributed by atoms with Crippen molar-refractivity contribution in [3.63, 3.8) is 0 Å². The number of aryl methyl sites for hydroxylation is 3. The molecular weight excluding hydrogens is 410 g/mol. The summed E-state index contributed by atoms with van der Waals surface area (Å²) < 4.78 is 11.4. The van der Waals surface area contributed by atoms with Crippen molar-refractivity contribution < 1.29 is 19.4 Å². The Morgan fingerprint density at radius 1 is 1.26 bits per heavy atom. The van der Waals surface area contributed by atoms with Crippen molar-refractivity contribution in [3.8, 4) is 5.75 Å². The summed E-state index contributed by atoms with van der Waals surface area (Å²) in [4.78, 5) is 15.2. The number of aliphatic carboxylic acids is 1. The average Bonchev–Trinajstić information content (AvgIpc) is 3.26. The SMILES string of the molecule is CC(=O)O.COC1=CC=CCC(c2nc(CCOc3ccc4c(c3)CCC4)c(C)s2)=C1. The number of aromatic nitrogens is 1. The molecule has 1 heterocycles. The molecule has 31 heavy (non-hydrogen) atoms. The predicted octanol–water partition coefficient (Wildman–Crippen LogP) is 5.53. The van der Waals surface area contributed by atoms with Gasteiger partial charge in [-0.1, -0.05) is 18.2 Å². The number of nitrogens with zero attached hydrogens (tertiary/aromatic N) is 1. The van der Waals surface area contributed by atoms with Crippen LogP contribution in [0.4, 0.5) is 0 Å². The summed E-state index contributed by atoms with van der Waals surface area (Å²) >= 11 is 1.75. The normalized spacial score (nSPS) is 14.5.